The summed E-state index contributed by atoms with van der Waals surface area (Å²) >= 11 is 0. The number of nitrogens with zero attached hydrogens (tertiary/aromatic N) is 1. The normalized spacial score (nSPS) is 13.7. The van der Waals surface area contributed by atoms with Gasteiger partial charge in [-0.15, -0.1) is 0 Å². The van der Waals surface area contributed by atoms with Gasteiger partial charge in [-0.2, -0.15) is 0 Å². The van der Waals surface area contributed by atoms with Gasteiger partial charge in [-0.05, 0) is 33.5 Å². The van der Waals surface area contributed by atoms with Crippen LogP contribution in [0, 0.1) is 0 Å². The van der Waals surface area contributed by atoms with Crippen LogP contribution in [0.3, 0.4) is 0 Å². The van der Waals surface area contributed by atoms with E-state index in [9.17, 15) is 0 Å². The molecule has 0 aromatic rings. The molecule has 0 unspecified atom stereocenters. The van der Waals surface area contributed by atoms with E-state index in [0.29, 0.717) is 0 Å². The second-order valence-corrected chi connectivity index (χ2v) is 4.02. The van der Waals surface area contributed by atoms with Gasteiger partial charge in [0.2, 0.25) is 0 Å². The Morgan fingerprint density at radius 2 is 2.00 bits per heavy atom. The molecule has 0 bridgehead atoms. The molecule has 0 saturated carbocycles. The zero-order chi connectivity index (χ0) is 11.7. The average Bonchev–Trinajstić information content (AvgIpc) is 2.15. The first-order chi connectivity index (χ1) is 7.06. The molecule has 0 aliphatic carbocycles. The number of hydrogen-bond acceptors (Lipinski definition) is 3. The topological polar surface area (TPSA) is 41.3 Å². The molecule has 3 heteroatoms. The lowest BCUT2D eigenvalue weighted by molar-refractivity contribution is 0.359. The van der Waals surface area contributed by atoms with E-state index in [-0.39, 0.29) is 0 Å². The summed E-state index contributed by atoms with van der Waals surface area (Å²) in [6.45, 7) is 10.3. The molecule has 3 nitrogen and oxygen atoms in total. The monoisotopic (exact) mass is 211 g/mol. The van der Waals surface area contributed by atoms with E-state index in [1.165, 1.54) is 5.57 Å². The molecule has 15 heavy (non-hydrogen) atoms. The van der Waals surface area contributed by atoms with Gasteiger partial charge in [0.1, 0.15) is 0 Å². The van der Waals surface area contributed by atoms with Crippen molar-refractivity contribution >= 4 is 0 Å². The summed E-state index contributed by atoms with van der Waals surface area (Å²) in [5.74, 6) is 0. The molecule has 0 aromatic heterocycles. The first kappa shape index (κ1) is 14.2. The fraction of sp³-hybridized carbons (Fsp3) is 0.667. The van der Waals surface area contributed by atoms with E-state index in [0.717, 1.165) is 31.9 Å². The lowest BCUT2D eigenvalue weighted by atomic mass is 10.2. The van der Waals surface area contributed by atoms with Crippen molar-refractivity contribution in [2.24, 2.45) is 5.73 Å². The maximum Gasteiger partial charge on any atom is 0.0190 e. The molecule has 88 valence electrons. The number of nitrogens with two attached hydrogens (primary N) is 1. The zero-order valence-corrected chi connectivity index (χ0v) is 10.5. The number of hydrogen-bond donors (Lipinski definition) is 2. The number of rotatable bonds is 7. The summed E-state index contributed by atoms with van der Waals surface area (Å²) in [6, 6.07) is 0. The van der Waals surface area contributed by atoms with Crippen LogP contribution in [0.15, 0.2) is 23.4 Å². The lowest BCUT2D eigenvalue weighted by Crippen LogP contribution is -2.30. The van der Waals surface area contributed by atoms with Crippen molar-refractivity contribution in [3.05, 3.63) is 23.4 Å². The van der Waals surface area contributed by atoms with Crippen molar-refractivity contribution in [3.8, 4) is 0 Å². The number of nitrogens with one attached hydrogen (secondary N) is 1. The van der Waals surface area contributed by atoms with Crippen molar-refractivity contribution in [1.82, 2.24) is 10.2 Å². The Labute approximate surface area is 94.0 Å². The lowest BCUT2D eigenvalue weighted by Gasteiger charge is -2.16. The Hall–Kier alpha value is -0.800. The van der Waals surface area contributed by atoms with Crippen LogP contribution in [-0.2, 0) is 0 Å². The second kappa shape index (κ2) is 8.50. The van der Waals surface area contributed by atoms with Crippen LogP contribution in [0.4, 0.5) is 0 Å². The van der Waals surface area contributed by atoms with Crippen molar-refractivity contribution < 1.29 is 0 Å². The van der Waals surface area contributed by atoms with Crippen molar-refractivity contribution in [2.45, 2.75) is 20.8 Å². The minimum Gasteiger partial charge on any atom is -0.402 e. The summed E-state index contributed by atoms with van der Waals surface area (Å²) in [5, 5.41) is 3.31. The highest BCUT2D eigenvalue weighted by molar-refractivity contribution is 5.14. The van der Waals surface area contributed by atoms with Crippen molar-refractivity contribution in [3.63, 3.8) is 0 Å². The molecular formula is C12H25N3. The van der Waals surface area contributed by atoms with Gasteiger partial charge >= 0.3 is 0 Å². The van der Waals surface area contributed by atoms with E-state index in [2.05, 4.69) is 37.2 Å². The highest BCUT2D eigenvalue weighted by Crippen LogP contribution is 1.97. The summed E-state index contributed by atoms with van der Waals surface area (Å²) in [5.41, 5.74) is 7.75. The fourth-order valence-electron chi connectivity index (χ4n) is 1.28. The van der Waals surface area contributed by atoms with E-state index in [4.69, 9.17) is 5.73 Å². The van der Waals surface area contributed by atoms with Gasteiger partial charge in [-0.1, -0.05) is 18.6 Å². The maximum absolute atomic E-state index is 5.56. The molecule has 0 aliphatic heterocycles. The molecule has 0 rings (SSSR count). The molecule has 0 amide bonds. The van der Waals surface area contributed by atoms with Crippen LogP contribution in [-0.4, -0.2) is 38.1 Å². The summed E-state index contributed by atoms with van der Waals surface area (Å²) in [6.07, 6.45) is 4.03. The minimum atomic E-state index is 0.852. The standard InChI is InChI=1S/C12H25N3/c1-5-14-8-9-15(4)10-11(2)6-7-12(3)13/h6-7,14H,5,8-10,13H2,1-4H3/b11-6+,12-7-. The van der Waals surface area contributed by atoms with Crippen molar-refractivity contribution in [1.29, 1.82) is 0 Å². The van der Waals surface area contributed by atoms with Gasteiger partial charge in [-0.3, -0.25) is 0 Å². The first-order valence-corrected chi connectivity index (χ1v) is 5.55. The molecule has 0 heterocycles. The molecule has 0 aliphatic rings. The highest BCUT2D eigenvalue weighted by atomic mass is 15.1. The molecule has 0 saturated heterocycles. The Kier molecular flexibility index (Phi) is 8.05. The number of likely N-dealkylation sites (N-methyl/N-ethyl adjacent to an activating group) is 2. The highest BCUT2D eigenvalue weighted by Gasteiger charge is 1.97. The van der Waals surface area contributed by atoms with Crippen LogP contribution < -0.4 is 11.1 Å². The van der Waals surface area contributed by atoms with E-state index in [1.807, 2.05) is 13.0 Å². The summed E-state index contributed by atoms with van der Waals surface area (Å²) in [4.78, 5) is 2.30. The smallest absolute Gasteiger partial charge is 0.0190 e. The van der Waals surface area contributed by atoms with E-state index < -0.39 is 0 Å². The summed E-state index contributed by atoms with van der Waals surface area (Å²) in [7, 11) is 2.13. The Balaban J connectivity index is 3.80. The van der Waals surface area contributed by atoms with Crippen LogP contribution in [0.25, 0.3) is 0 Å². The molecule has 0 fully saturated rings. The van der Waals surface area contributed by atoms with Crippen molar-refractivity contribution in [2.75, 3.05) is 33.2 Å². The van der Waals surface area contributed by atoms with E-state index in [1.54, 1.807) is 0 Å². The van der Waals surface area contributed by atoms with Gasteiger partial charge in [0.15, 0.2) is 0 Å². The second-order valence-electron chi connectivity index (χ2n) is 4.02. The zero-order valence-electron chi connectivity index (χ0n) is 10.5. The van der Waals surface area contributed by atoms with Gasteiger partial charge in [0.05, 0.1) is 0 Å². The van der Waals surface area contributed by atoms with Gasteiger partial charge < -0.3 is 16.0 Å². The fourth-order valence-corrected chi connectivity index (χ4v) is 1.28. The van der Waals surface area contributed by atoms with Crippen LogP contribution in [0.2, 0.25) is 0 Å². The average molecular weight is 211 g/mol. The van der Waals surface area contributed by atoms with Gasteiger partial charge in [-0.25, -0.2) is 0 Å². The molecule has 3 N–H and O–H groups in total. The minimum absolute atomic E-state index is 0.852. The van der Waals surface area contributed by atoms with Gasteiger partial charge in [0, 0.05) is 25.3 Å². The molecule has 0 radical (unpaired) electrons. The predicted molar refractivity (Wildman–Crippen MR) is 67.7 cm³/mol. The third kappa shape index (κ3) is 9.50. The van der Waals surface area contributed by atoms with Gasteiger partial charge in [0.25, 0.3) is 0 Å². The Bertz CT molecular complexity index is 215. The first-order valence-electron chi connectivity index (χ1n) is 5.55. The van der Waals surface area contributed by atoms with Crippen LogP contribution in [0.1, 0.15) is 20.8 Å². The SMILES string of the molecule is CCNCCN(C)C/C(C)=C/C=C(/C)N. The third-order valence-electron chi connectivity index (χ3n) is 2.07. The van der Waals surface area contributed by atoms with Crippen LogP contribution >= 0.6 is 0 Å². The largest absolute Gasteiger partial charge is 0.402 e. The van der Waals surface area contributed by atoms with Crippen LogP contribution in [0.5, 0.6) is 0 Å². The maximum atomic E-state index is 5.56. The van der Waals surface area contributed by atoms with E-state index >= 15 is 0 Å². The molecule has 0 aromatic carbocycles. The predicted octanol–water partition coefficient (Wildman–Crippen LogP) is 1.34. The molecule has 0 atom stereocenters. The quantitative estimate of drug-likeness (QED) is 0.493. The Morgan fingerprint density at radius 1 is 1.33 bits per heavy atom. The Morgan fingerprint density at radius 3 is 2.53 bits per heavy atom. The molecule has 0 spiro atoms. The third-order valence-corrected chi connectivity index (χ3v) is 2.07. The summed E-state index contributed by atoms with van der Waals surface area (Å²) < 4.78 is 0. The number of allylic oxidation sites excluding steroid dienone is 3. The molecular weight excluding hydrogens is 186 g/mol.